The summed E-state index contributed by atoms with van der Waals surface area (Å²) in [5.41, 5.74) is 3.88. The number of nitrogens with one attached hydrogen (secondary N) is 1. The molecule has 4 nitrogen and oxygen atoms in total. The average Bonchev–Trinajstić information content (AvgIpc) is 2.83. The summed E-state index contributed by atoms with van der Waals surface area (Å²) in [6.07, 6.45) is 0.898. The van der Waals surface area contributed by atoms with Gasteiger partial charge in [-0.2, -0.15) is 10.4 Å². The molecule has 7 heteroatoms. The van der Waals surface area contributed by atoms with E-state index >= 15 is 0 Å². The highest BCUT2D eigenvalue weighted by Gasteiger charge is 2.27. The Balaban J connectivity index is 1.55. The summed E-state index contributed by atoms with van der Waals surface area (Å²) in [7, 11) is 0. The van der Waals surface area contributed by atoms with Crippen LogP contribution in [0, 0.1) is 11.3 Å². The molecule has 1 unspecified atom stereocenters. The molecule has 1 aliphatic heterocycles. The summed E-state index contributed by atoms with van der Waals surface area (Å²) >= 11 is 13.1. The molecule has 0 radical (unpaired) electrons. The lowest BCUT2D eigenvalue weighted by Crippen LogP contribution is -2.39. The first-order valence-electron chi connectivity index (χ1n) is 9.78. The van der Waals surface area contributed by atoms with Gasteiger partial charge in [-0.15, -0.1) is 0 Å². The third-order valence-corrected chi connectivity index (χ3v) is 6.50. The Hall–Kier alpha value is -2.85. The van der Waals surface area contributed by atoms with Gasteiger partial charge in [-0.25, -0.2) is 5.01 Å². The van der Waals surface area contributed by atoms with Crippen molar-refractivity contribution in [3.8, 4) is 6.07 Å². The third-order valence-electron chi connectivity index (χ3n) is 5.00. The number of nitriles is 1. The lowest BCUT2D eigenvalue weighted by molar-refractivity contribution is 0.404. The number of thiocarbonyl (C=S) groups is 1. The molecule has 3 aromatic carbocycles. The van der Waals surface area contributed by atoms with Gasteiger partial charge in [0.2, 0.25) is 0 Å². The Morgan fingerprint density at radius 2 is 1.77 bits per heavy atom. The summed E-state index contributed by atoms with van der Waals surface area (Å²) in [5, 5.41) is 16.9. The normalized spacial score (nSPS) is 15.7. The fourth-order valence-electron chi connectivity index (χ4n) is 3.43. The van der Waals surface area contributed by atoms with Gasteiger partial charge in [0.15, 0.2) is 5.11 Å². The first kappa shape index (κ1) is 21.4. The van der Waals surface area contributed by atoms with Crippen molar-refractivity contribution in [1.29, 1.82) is 5.26 Å². The number of nitrogens with zero attached hydrogens (tertiary/aromatic N) is 3. The minimum Gasteiger partial charge on any atom is -0.301 e. The van der Waals surface area contributed by atoms with E-state index < -0.39 is 0 Å². The van der Waals surface area contributed by atoms with Crippen LogP contribution in [0.2, 0.25) is 5.02 Å². The predicted octanol–water partition coefficient (Wildman–Crippen LogP) is 5.99. The summed E-state index contributed by atoms with van der Waals surface area (Å²) in [5.74, 6) is 0.188. The standard InChI is InChI=1S/C24H19ClN4S2/c25-20-10-8-19(9-11-20)23-22(18-4-2-1-3-5-18)14-15-29(27-23)24(30)28-31-21-12-6-17(16-26)7-13-21/h1-13,22H,14-15H2,(H,28,30). The van der Waals surface area contributed by atoms with Crippen molar-refractivity contribution in [3.63, 3.8) is 0 Å². The minimum absolute atomic E-state index is 0.188. The van der Waals surface area contributed by atoms with Gasteiger partial charge in [-0.1, -0.05) is 54.1 Å². The van der Waals surface area contributed by atoms with Gasteiger partial charge in [0.1, 0.15) is 0 Å². The van der Waals surface area contributed by atoms with Crippen LogP contribution in [0.3, 0.4) is 0 Å². The van der Waals surface area contributed by atoms with Crippen molar-refractivity contribution in [2.75, 3.05) is 6.54 Å². The van der Waals surface area contributed by atoms with E-state index in [0.29, 0.717) is 15.7 Å². The van der Waals surface area contributed by atoms with E-state index in [9.17, 15) is 0 Å². The van der Waals surface area contributed by atoms with Crippen molar-refractivity contribution in [3.05, 3.63) is 101 Å². The zero-order valence-electron chi connectivity index (χ0n) is 16.5. The van der Waals surface area contributed by atoms with Crippen LogP contribution in [0.1, 0.15) is 29.0 Å². The maximum Gasteiger partial charge on any atom is 0.199 e. The molecule has 31 heavy (non-hydrogen) atoms. The zero-order valence-corrected chi connectivity index (χ0v) is 18.9. The summed E-state index contributed by atoms with van der Waals surface area (Å²) < 4.78 is 3.20. The van der Waals surface area contributed by atoms with Crippen LogP contribution in [0.15, 0.2) is 88.9 Å². The van der Waals surface area contributed by atoms with Crippen LogP contribution in [0.5, 0.6) is 0 Å². The third kappa shape index (κ3) is 5.26. The summed E-state index contributed by atoms with van der Waals surface area (Å²) in [6.45, 7) is 0.719. The van der Waals surface area contributed by atoms with Crippen LogP contribution < -0.4 is 4.72 Å². The van der Waals surface area contributed by atoms with E-state index in [1.807, 2.05) is 47.5 Å². The van der Waals surface area contributed by atoms with Crippen LogP contribution in [-0.2, 0) is 0 Å². The number of halogens is 1. The molecule has 0 amide bonds. The van der Waals surface area contributed by atoms with E-state index in [4.69, 9.17) is 34.2 Å². The molecule has 4 rings (SSSR count). The Kier molecular flexibility index (Phi) is 6.88. The van der Waals surface area contributed by atoms with Gasteiger partial charge in [-0.05, 0) is 78.1 Å². The fourth-order valence-corrected chi connectivity index (χ4v) is 4.39. The minimum atomic E-state index is 0.188. The SMILES string of the molecule is N#Cc1ccc(SNC(=S)N2CCC(c3ccccc3)C(c3ccc(Cl)cc3)=N2)cc1. The maximum atomic E-state index is 8.93. The van der Waals surface area contributed by atoms with Crippen molar-refractivity contribution < 1.29 is 0 Å². The molecule has 1 aliphatic rings. The number of rotatable bonds is 4. The number of hydrazone groups is 1. The lowest BCUT2D eigenvalue weighted by atomic mass is 9.86. The van der Waals surface area contributed by atoms with E-state index in [2.05, 4.69) is 35.1 Å². The quantitative estimate of drug-likeness (QED) is 0.381. The molecule has 0 fully saturated rings. The molecule has 0 spiro atoms. The lowest BCUT2D eigenvalue weighted by Gasteiger charge is -2.31. The number of benzene rings is 3. The van der Waals surface area contributed by atoms with Crippen LogP contribution >= 0.6 is 35.8 Å². The molecule has 0 aromatic heterocycles. The first-order valence-corrected chi connectivity index (χ1v) is 11.4. The van der Waals surface area contributed by atoms with Crippen LogP contribution in [0.25, 0.3) is 0 Å². The summed E-state index contributed by atoms with van der Waals surface area (Å²) in [4.78, 5) is 0.974. The Morgan fingerprint density at radius 1 is 1.06 bits per heavy atom. The van der Waals surface area contributed by atoms with E-state index in [1.165, 1.54) is 17.5 Å². The largest absolute Gasteiger partial charge is 0.301 e. The molecule has 0 saturated heterocycles. The van der Waals surface area contributed by atoms with E-state index in [0.717, 1.165) is 29.1 Å². The Morgan fingerprint density at radius 3 is 2.45 bits per heavy atom. The molecule has 3 aromatic rings. The second kappa shape index (κ2) is 9.97. The topological polar surface area (TPSA) is 51.4 Å². The summed E-state index contributed by atoms with van der Waals surface area (Å²) in [6, 6.07) is 27.7. The van der Waals surface area contributed by atoms with Crippen LogP contribution in [0.4, 0.5) is 0 Å². The van der Waals surface area contributed by atoms with Gasteiger partial charge in [0.25, 0.3) is 0 Å². The molecule has 1 atom stereocenters. The first-order chi connectivity index (χ1) is 15.1. The number of hydrogen-bond acceptors (Lipinski definition) is 4. The molecule has 0 saturated carbocycles. The smallest absolute Gasteiger partial charge is 0.199 e. The van der Waals surface area contributed by atoms with Gasteiger partial charge >= 0.3 is 0 Å². The molecule has 1 heterocycles. The highest BCUT2D eigenvalue weighted by atomic mass is 35.5. The molecule has 0 aliphatic carbocycles. The average molecular weight is 463 g/mol. The van der Waals surface area contributed by atoms with E-state index in [-0.39, 0.29) is 5.92 Å². The molecule has 154 valence electrons. The van der Waals surface area contributed by atoms with Crippen molar-refractivity contribution in [2.24, 2.45) is 5.10 Å². The Bertz CT molecular complexity index is 1120. The molecule has 1 N–H and O–H groups in total. The van der Waals surface area contributed by atoms with Gasteiger partial charge < -0.3 is 4.72 Å². The van der Waals surface area contributed by atoms with Gasteiger partial charge in [0.05, 0.1) is 17.3 Å². The monoisotopic (exact) mass is 462 g/mol. The highest BCUT2D eigenvalue weighted by molar-refractivity contribution is 7.99. The fraction of sp³-hybridized carbons (Fsp3) is 0.125. The zero-order chi connectivity index (χ0) is 21.6. The van der Waals surface area contributed by atoms with Crippen molar-refractivity contribution >= 4 is 46.6 Å². The van der Waals surface area contributed by atoms with Crippen molar-refractivity contribution in [2.45, 2.75) is 17.2 Å². The molecular formula is C24H19ClN4S2. The molecule has 0 bridgehead atoms. The second-order valence-corrected chi connectivity index (χ2v) is 8.72. The second-order valence-electron chi connectivity index (χ2n) is 7.01. The van der Waals surface area contributed by atoms with Crippen molar-refractivity contribution in [1.82, 2.24) is 9.73 Å². The highest BCUT2D eigenvalue weighted by Crippen LogP contribution is 2.30. The molecular weight excluding hydrogens is 444 g/mol. The number of hydrogen-bond donors (Lipinski definition) is 1. The van der Waals surface area contributed by atoms with Gasteiger partial charge in [0, 0.05) is 22.4 Å². The maximum absolute atomic E-state index is 8.93. The Labute approximate surface area is 196 Å². The predicted molar refractivity (Wildman–Crippen MR) is 131 cm³/mol. The van der Waals surface area contributed by atoms with Crippen LogP contribution in [-0.4, -0.2) is 22.4 Å². The van der Waals surface area contributed by atoms with E-state index in [1.54, 1.807) is 12.1 Å². The van der Waals surface area contributed by atoms with Gasteiger partial charge in [-0.3, -0.25) is 0 Å².